The number of benzene rings is 1. The molecule has 0 radical (unpaired) electrons. The summed E-state index contributed by atoms with van der Waals surface area (Å²) in [6, 6.07) is 7.77. The van der Waals surface area contributed by atoms with Gasteiger partial charge in [0.2, 0.25) is 0 Å². The van der Waals surface area contributed by atoms with E-state index in [9.17, 15) is 9.59 Å². The Bertz CT molecular complexity index is 752. The normalized spacial score (nSPS) is 18.2. The standard InChI is InChI=1S/C24H39N3O4/c1-17(16-18-12-10-11-15-27(18)22(29)31-24(5,6)7)25-19-13-8-9-14-20(19)26-21(28)30-23(2,3)4/h8-9,13-14,17-18,25H,10-12,15-16H2,1-7H3,(H,26,28). The van der Waals surface area contributed by atoms with Gasteiger partial charge in [-0.25, -0.2) is 9.59 Å². The Morgan fingerprint density at radius 1 is 1.03 bits per heavy atom. The van der Waals surface area contributed by atoms with Gasteiger partial charge in [0.25, 0.3) is 0 Å². The molecule has 0 aromatic heterocycles. The lowest BCUT2D eigenvalue weighted by atomic mass is 9.96. The Hall–Kier alpha value is -2.44. The molecule has 2 rings (SSSR count). The molecule has 0 saturated carbocycles. The van der Waals surface area contributed by atoms with E-state index in [1.165, 1.54) is 0 Å². The number of nitrogens with one attached hydrogen (secondary N) is 2. The van der Waals surface area contributed by atoms with E-state index >= 15 is 0 Å². The monoisotopic (exact) mass is 433 g/mol. The van der Waals surface area contributed by atoms with Gasteiger partial charge in [0.05, 0.1) is 11.4 Å². The van der Waals surface area contributed by atoms with Gasteiger partial charge in [0.1, 0.15) is 11.2 Å². The quantitative estimate of drug-likeness (QED) is 0.594. The largest absolute Gasteiger partial charge is 0.444 e. The van der Waals surface area contributed by atoms with Crippen molar-refractivity contribution in [2.24, 2.45) is 0 Å². The number of para-hydroxylation sites is 2. The summed E-state index contributed by atoms with van der Waals surface area (Å²) in [7, 11) is 0. The van der Waals surface area contributed by atoms with Crippen LogP contribution >= 0.6 is 0 Å². The van der Waals surface area contributed by atoms with E-state index in [1.54, 1.807) is 0 Å². The average molecular weight is 434 g/mol. The minimum Gasteiger partial charge on any atom is -0.444 e. The molecule has 31 heavy (non-hydrogen) atoms. The molecule has 1 aromatic carbocycles. The molecule has 2 unspecified atom stereocenters. The maximum Gasteiger partial charge on any atom is 0.412 e. The van der Waals surface area contributed by atoms with E-state index in [2.05, 4.69) is 17.6 Å². The van der Waals surface area contributed by atoms with E-state index in [0.717, 1.165) is 37.9 Å². The van der Waals surface area contributed by atoms with Crippen molar-refractivity contribution in [1.29, 1.82) is 0 Å². The molecule has 2 N–H and O–H groups in total. The first-order valence-corrected chi connectivity index (χ1v) is 11.2. The van der Waals surface area contributed by atoms with Gasteiger partial charge < -0.3 is 19.7 Å². The number of ether oxygens (including phenoxy) is 2. The van der Waals surface area contributed by atoms with Crippen LogP contribution in [0.2, 0.25) is 0 Å². The zero-order chi connectivity index (χ0) is 23.2. The van der Waals surface area contributed by atoms with Gasteiger partial charge in [-0.15, -0.1) is 0 Å². The van der Waals surface area contributed by atoms with Crippen LogP contribution < -0.4 is 10.6 Å². The Labute approximate surface area is 186 Å². The van der Waals surface area contributed by atoms with Gasteiger partial charge in [0.15, 0.2) is 0 Å². The fourth-order valence-electron chi connectivity index (χ4n) is 3.67. The van der Waals surface area contributed by atoms with Gasteiger partial charge in [-0.3, -0.25) is 5.32 Å². The molecule has 1 aliphatic heterocycles. The van der Waals surface area contributed by atoms with Crippen molar-refractivity contribution in [3.63, 3.8) is 0 Å². The van der Waals surface area contributed by atoms with Crippen LogP contribution in [0, 0.1) is 0 Å². The molecule has 7 nitrogen and oxygen atoms in total. The first-order valence-electron chi connectivity index (χ1n) is 11.2. The molecule has 1 fully saturated rings. The number of hydrogen-bond donors (Lipinski definition) is 2. The zero-order valence-corrected chi connectivity index (χ0v) is 20.1. The Kier molecular flexibility index (Phi) is 8.21. The summed E-state index contributed by atoms with van der Waals surface area (Å²) < 4.78 is 11.0. The van der Waals surface area contributed by atoms with Crippen molar-refractivity contribution in [1.82, 2.24) is 4.90 Å². The third kappa shape index (κ3) is 8.67. The average Bonchev–Trinajstić information content (AvgIpc) is 2.60. The summed E-state index contributed by atoms with van der Waals surface area (Å²) in [6.07, 6.45) is 3.13. The molecule has 7 heteroatoms. The second-order valence-corrected chi connectivity index (χ2v) is 10.3. The van der Waals surface area contributed by atoms with Crippen LogP contribution in [0.3, 0.4) is 0 Å². The van der Waals surface area contributed by atoms with Gasteiger partial charge in [-0.1, -0.05) is 12.1 Å². The minimum atomic E-state index is -0.564. The van der Waals surface area contributed by atoms with Gasteiger partial charge in [0, 0.05) is 18.6 Å². The second-order valence-electron chi connectivity index (χ2n) is 10.3. The van der Waals surface area contributed by atoms with Crippen LogP contribution in [0.25, 0.3) is 0 Å². The van der Waals surface area contributed by atoms with Gasteiger partial charge in [-0.2, -0.15) is 0 Å². The van der Waals surface area contributed by atoms with Crippen LogP contribution in [0.1, 0.15) is 74.1 Å². The van der Waals surface area contributed by atoms with E-state index in [4.69, 9.17) is 9.47 Å². The third-order valence-electron chi connectivity index (χ3n) is 4.85. The van der Waals surface area contributed by atoms with Crippen molar-refractivity contribution in [3.05, 3.63) is 24.3 Å². The zero-order valence-electron chi connectivity index (χ0n) is 20.1. The number of hydrogen-bond acceptors (Lipinski definition) is 5. The maximum atomic E-state index is 12.7. The van der Waals surface area contributed by atoms with Crippen molar-refractivity contribution in [2.45, 2.75) is 97.4 Å². The van der Waals surface area contributed by atoms with Crippen LogP contribution in [-0.4, -0.2) is 46.9 Å². The summed E-state index contributed by atoms with van der Waals surface area (Å²) in [6.45, 7) is 14.0. The number of nitrogens with zero attached hydrogens (tertiary/aromatic N) is 1. The fraction of sp³-hybridized carbons (Fsp3) is 0.667. The summed E-state index contributed by atoms with van der Waals surface area (Å²) in [4.78, 5) is 26.7. The van der Waals surface area contributed by atoms with Gasteiger partial charge in [-0.05, 0) is 86.3 Å². The van der Waals surface area contributed by atoms with E-state index < -0.39 is 17.3 Å². The van der Waals surface area contributed by atoms with Crippen molar-refractivity contribution >= 4 is 23.6 Å². The van der Waals surface area contributed by atoms with E-state index in [1.807, 2.05) is 70.7 Å². The number of carbonyl (C=O) groups excluding carboxylic acids is 2. The molecular formula is C24H39N3O4. The highest BCUT2D eigenvalue weighted by atomic mass is 16.6. The second kappa shape index (κ2) is 10.2. The summed E-state index contributed by atoms with van der Waals surface area (Å²) >= 11 is 0. The van der Waals surface area contributed by atoms with Crippen LogP contribution in [0.5, 0.6) is 0 Å². The number of amides is 2. The van der Waals surface area contributed by atoms with Crippen LogP contribution in [-0.2, 0) is 9.47 Å². The highest BCUT2D eigenvalue weighted by molar-refractivity contribution is 5.89. The Balaban J connectivity index is 2.02. The first kappa shape index (κ1) is 24.8. The summed E-state index contributed by atoms with van der Waals surface area (Å²) in [5.41, 5.74) is 0.415. The molecule has 1 aliphatic rings. The predicted octanol–water partition coefficient (Wildman–Crippen LogP) is 6.01. The van der Waals surface area contributed by atoms with E-state index in [0.29, 0.717) is 5.69 Å². The summed E-state index contributed by atoms with van der Waals surface area (Å²) in [5, 5.41) is 6.31. The first-order chi connectivity index (χ1) is 14.3. The number of anilines is 2. The summed E-state index contributed by atoms with van der Waals surface area (Å²) in [5.74, 6) is 0. The lowest BCUT2D eigenvalue weighted by molar-refractivity contribution is 0.00849. The molecule has 174 valence electrons. The fourth-order valence-corrected chi connectivity index (χ4v) is 3.67. The highest BCUT2D eigenvalue weighted by Crippen LogP contribution is 2.27. The van der Waals surface area contributed by atoms with Crippen molar-refractivity contribution < 1.29 is 19.1 Å². The molecule has 1 heterocycles. The number of piperidine rings is 1. The lowest BCUT2D eigenvalue weighted by Gasteiger charge is -2.38. The molecule has 2 amide bonds. The lowest BCUT2D eigenvalue weighted by Crippen LogP contribution is -2.47. The SMILES string of the molecule is CC(CC1CCCCN1C(=O)OC(C)(C)C)Nc1ccccc1NC(=O)OC(C)(C)C. The third-order valence-corrected chi connectivity index (χ3v) is 4.85. The molecule has 1 aromatic rings. The molecule has 0 bridgehead atoms. The maximum absolute atomic E-state index is 12.7. The molecule has 1 saturated heterocycles. The topological polar surface area (TPSA) is 79.9 Å². The number of likely N-dealkylation sites (tertiary alicyclic amines) is 1. The molecule has 0 aliphatic carbocycles. The predicted molar refractivity (Wildman–Crippen MR) is 125 cm³/mol. The Morgan fingerprint density at radius 3 is 2.26 bits per heavy atom. The van der Waals surface area contributed by atoms with Crippen LogP contribution in [0.15, 0.2) is 24.3 Å². The van der Waals surface area contributed by atoms with E-state index in [-0.39, 0.29) is 18.2 Å². The highest BCUT2D eigenvalue weighted by Gasteiger charge is 2.31. The number of rotatable bonds is 5. The smallest absolute Gasteiger partial charge is 0.412 e. The van der Waals surface area contributed by atoms with Crippen molar-refractivity contribution in [2.75, 3.05) is 17.2 Å². The van der Waals surface area contributed by atoms with Gasteiger partial charge >= 0.3 is 12.2 Å². The minimum absolute atomic E-state index is 0.0922. The molecule has 2 atom stereocenters. The Morgan fingerprint density at radius 2 is 1.65 bits per heavy atom. The van der Waals surface area contributed by atoms with Crippen LogP contribution in [0.4, 0.5) is 21.0 Å². The van der Waals surface area contributed by atoms with Crippen molar-refractivity contribution in [3.8, 4) is 0 Å². The molecule has 0 spiro atoms. The molecular weight excluding hydrogens is 394 g/mol. The number of carbonyl (C=O) groups is 2.